The number of aromatic nitrogens is 2. The third-order valence-corrected chi connectivity index (χ3v) is 6.50. The standard InChI is InChI=1S/C21H23N3O5S/c1-14(2)30(26,27)18-10-6-16(7-11-18)12-20-23-24-21(29-20)22-19(25)13-28-17-8-4-15(3)5-9-17/h4-11,14H,12-13H2,1-3H3,(H,22,24,25). The fourth-order valence-corrected chi connectivity index (χ4v) is 3.62. The number of sulfone groups is 1. The van der Waals surface area contributed by atoms with Gasteiger partial charge in [0.25, 0.3) is 5.91 Å². The van der Waals surface area contributed by atoms with Crippen molar-refractivity contribution in [2.24, 2.45) is 0 Å². The molecule has 0 aliphatic rings. The summed E-state index contributed by atoms with van der Waals surface area (Å²) in [6.45, 7) is 5.06. The lowest BCUT2D eigenvalue weighted by Gasteiger charge is -2.08. The molecular formula is C21H23N3O5S. The van der Waals surface area contributed by atoms with E-state index in [1.165, 1.54) is 0 Å². The Morgan fingerprint density at radius 2 is 1.73 bits per heavy atom. The van der Waals surface area contributed by atoms with Crippen LogP contribution in [0.15, 0.2) is 57.8 Å². The fourth-order valence-electron chi connectivity index (χ4n) is 2.56. The number of anilines is 1. The maximum absolute atomic E-state index is 12.2. The molecule has 0 bridgehead atoms. The van der Waals surface area contributed by atoms with Crippen molar-refractivity contribution >= 4 is 21.8 Å². The van der Waals surface area contributed by atoms with E-state index in [0.29, 0.717) is 18.1 Å². The Morgan fingerprint density at radius 1 is 1.07 bits per heavy atom. The second kappa shape index (κ2) is 9.08. The number of benzene rings is 2. The minimum atomic E-state index is -3.31. The normalized spacial score (nSPS) is 11.5. The number of carbonyl (C=O) groups is 1. The molecule has 0 saturated heterocycles. The highest BCUT2D eigenvalue weighted by Crippen LogP contribution is 2.18. The van der Waals surface area contributed by atoms with Gasteiger partial charge >= 0.3 is 6.01 Å². The van der Waals surface area contributed by atoms with Crippen molar-refractivity contribution in [2.45, 2.75) is 37.3 Å². The van der Waals surface area contributed by atoms with Crippen molar-refractivity contribution in [1.29, 1.82) is 0 Å². The van der Waals surface area contributed by atoms with Crippen LogP contribution in [0.2, 0.25) is 0 Å². The second-order valence-electron chi connectivity index (χ2n) is 7.07. The van der Waals surface area contributed by atoms with Crippen LogP contribution in [-0.4, -0.2) is 36.4 Å². The summed E-state index contributed by atoms with van der Waals surface area (Å²) in [6, 6.07) is 13.8. The van der Waals surface area contributed by atoms with Crippen LogP contribution >= 0.6 is 0 Å². The quantitative estimate of drug-likeness (QED) is 0.585. The minimum absolute atomic E-state index is 0.0264. The molecule has 9 heteroatoms. The highest BCUT2D eigenvalue weighted by Gasteiger charge is 2.19. The molecule has 3 rings (SSSR count). The summed E-state index contributed by atoms with van der Waals surface area (Å²) >= 11 is 0. The fraction of sp³-hybridized carbons (Fsp3) is 0.286. The monoisotopic (exact) mass is 429 g/mol. The van der Waals surface area contributed by atoms with Crippen LogP contribution in [-0.2, 0) is 21.1 Å². The van der Waals surface area contributed by atoms with Crippen LogP contribution in [0, 0.1) is 6.92 Å². The Morgan fingerprint density at radius 3 is 2.37 bits per heavy atom. The van der Waals surface area contributed by atoms with Gasteiger partial charge in [0.15, 0.2) is 16.4 Å². The Labute approximate surface area is 175 Å². The maximum atomic E-state index is 12.2. The van der Waals surface area contributed by atoms with Gasteiger partial charge in [-0.3, -0.25) is 10.1 Å². The lowest BCUT2D eigenvalue weighted by atomic mass is 10.1. The molecule has 2 aromatic carbocycles. The van der Waals surface area contributed by atoms with Crippen molar-refractivity contribution in [3.05, 3.63) is 65.5 Å². The molecule has 0 unspecified atom stereocenters. The molecule has 30 heavy (non-hydrogen) atoms. The number of nitrogens with zero attached hydrogens (tertiary/aromatic N) is 2. The molecule has 0 aliphatic heterocycles. The van der Waals surface area contributed by atoms with Crippen molar-refractivity contribution < 1.29 is 22.4 Å². The maximum Gasteiger partial charge on any atom is 0.322 e. The minimum Gasteiger partial charge on any atom is -0.484 e. The van der Waals surface area contributed by atoms with Crippen LogP contribution in [0.3, 0.4) is 0 Å². The Hall–Kier alpha value is -3.20. The average molecular weight is 429 g/mol. The van der Waals surface area contributed by atoms with Crippen molar-refractivity contribution in [3.8, 4) is 5.75 Å². The van der Waals surface area contributed by atoms with E-state index >= 15 is 0 Å². The number of rotatable bonds is 8. The van der Waals surface area contributed by atoms with E-state index in [1.807, 2.05) is 19.1 Å². The molecule has 1 heterocycles. The molecule has 0 atom stereocenters. The SMILES string of the molecule is Cc1ccc(OCC(=O)Nc2nnc(Cc3ccc(S(=O)(=O)C(C)C)cc3)o2)cc1. The molecule has 3 aromatic rings. The second-order valence-corrected chi connectivity index (χ2v) is 9.57. The molecule has 0 aliphatic carbocycles. The predicted molar refractivity (Wildman–Crippen MR) is 111 cm³/mol. The van der Waals surface area contributed by atoms with E-state index in [0.717, 1.165) is 11.1 Å². The molecule has 0 fully saturated rings. The molecule has 0 spiro atoms. The molecule has 1 amide bonds. The number of hydrogen-bond donors (Lipinski definition) is 1. The summed E-state index contributed by atoms with van der Waals surface area (Å²) in [7, 11) is -3.31. The number of hydrogen-bond acceptors (Lipinski definition) is 7. The average Bonchev–Trinajstić information content (AvgIpc) is 3.14. The highest BCUT2D eigenvalue weighted by molar-refractivity contribution is 7.92. The van der Waals surface area contributed by atoms with Gasteiger partial charge in [-0.1, -0.05) is 34.9 Å². The topological polar surface area (TPSA) is 111 Å². The van der Waals surface area contributed by atoms with Crippen LogP contribution in [0.1, 0.15) is 30.9 Å². The first-order chi connectivity index (χ1) is 14.2. The lowest BCUT2D eigenvalue weighted by molar-refractivity contribution is -0.118. The van der Waals surface area contributed by atoms with Crippen LogP contribution in [0.5, 0.6) is 5.75 Å². The van der Waals surface area contributed by atoms with E-state index in [4.69, 9.17) is 9.15 Å². The zero-order valence-electron chi connectivity index (χ0n) is 17.0. The summed E-state index contributed by atoms with van der Waals surface area (Å²) in [5.74, 6) is 0.461. The zero-order valence-corrected chi connectivity index (χ0v) is 17.8. The van der Waals surface area contributed by atoms with E-state index in [2.05, 4.69) is 15.5 Å². The predicted octanol–water partition coefficient (Wildman–Crippen LogP) is 3.17. The van der Waals surface area contributed by atoms with Crippen molar-refractivity contribution in [2.75, 3.05) is 11.9 Å². The number of nitrogens with one attached hydrogen (secondary N) is 1. The molecule has 1 aromatic heterocycles. The first-order valence-electron chi connectivity index (χ1n) is 9.38. The van der Waals surface area contributed by atoms with Crippen molar-refractivity contribution in [1.82, 2.24) is 10.2 Å². The summed E-state index contributed by atoms with van der Waals surface area (Å²) in [5, 5.41) is 9.70. The Balaban J connectivity index is 1.54. The van der Waals surface area contributed by atoms with Gasteiger partial charge in [0, 0.05) is 0 Å². The Bertz CT molecular complexity index is 1100. The van der Waals surface area contributed by atoms with E-state index in [9.17, 15) is 13.2 Å². The molecule has 8 nitrogen and oxygen atoms in total. The Kier molecular flexibility index (Phi) is 6.51. The molecular weight excluding hydrogens is 406 g/mol. The number of aryl methyl sites for hydroxylation is 1. The lowest BCUT2D eigenvalue weighted by Crippen LogP contribution is -2.20. The van der Waals surface area contributed by atoms with Gasteiger partial charge in [-0.15, -0.1) is 5.10 Å². The van der Waals surface area contributed by atoms with Crippen molar-refractivity contribution in [3.63, 3.8) is 0 Å². The summed E-state index contributed by atoms with van der Waals surface area (Å²) in [6.07, 6.45) is 0.310. The van der Waals surface area contributed by atoms with Gasteiger partial charge in [0.05, 0.1) is 16.6 Å². The number of carbonyl (C=O) groups excluding carboxylic acids is 1. The first-order valence-corrected chi connectivity index (χ1v) is 10.9. The highest BCUT2D eigenvalue weighted by atomic mass is 32.2. The van der Waals surface area contributed by atoms with E-state index in [-0.39, 0.29) is 17.5 Å². The van der Waals surface area contributed by atoms with Crippen LogP contribution in [0.25, 0.3) is 0 Å². The molecule has 0 saturated carbocycles. The van der Waals surface area contributed by atoms with Gasteiger partial charge < -0.3 is 9.15 Å². The summed E-state index contributed by atoms with van der Waals surface area (Å²) < 4.78 is 35.2. The first kappa shape index (κ1) is 21.5. The van der Waals surface area contributed by atoms with Gasteiger partial charge in [0.2, 0.25) is 5.89 Å². The van der Waals surface area contributed by atoms with E-state index < -0.39 is 21.0 Å². The third-order valence-electron chi connectivity index (χ3n) is 4.33. The van der Waals surface area contributed by atoms with Crippen LogP contribution in [0.4, 0.5) is 6.01 Å². The van der Waals surface area contributed by atoms with Gasteiger partial charge in [-0.05, 0) is 50.6 Å². The number of amides is 1. The van der Waals surface area contributed by atoms with Crippen LogP contribution < -0.4 is 10.1 Å². The van der Waals surface area contributed by atoms with Gasteiger partial charge in [0.1, 0.15) is 5.75 Å². The molecule has 1 N–H and O–H groups in total. The zero-order chi connectivity index (χ0) is 21.7. The molecule has 158 valence electrons. The smallest absolute Gasteiger partial charge is 0.322 e. The molecule has 0 radical (unpaired) electrons. The van der Waals surface area contributed by atoms with Gasteiger partial charge in [-0.2, -0.15) is 0 Å². The number of ether oxygens (including phenoxy) is 1. The largest absolute Gasteiger partial charge is 0.484 e. The van der Waals surface area contributed by atoms with Gasteiger partial charge in [-0.25, -0.2) is 8.42 Å². The van der Waals surface area contributed by atoms with E-state index in [1.54, 1.807) is 50.2 Å². The third kappa shape index (κ3) is 5.44. The summed E-state index contributed by atoms with van der Waals surface area (Å²) in [5.41, 5.74) is 1.91. The summed E-state index contributed by atoms with van der Waals surface area (Å²) in [4.78, 5) is 12.3.